The van der Waals surface area contributed by atoms with Crippen LogP contribution in [0.15, 0.2) is 85.1 Å². The highest BCUT2D eigenvalue weighted by Crippen LogP contribution is 2.43. The number of rotatable bonds is 32. The molecule has 1 unspecified atom stereocenters. The molecule has 0 bridgehead atoms. The summed E-state index contributed by atoms with van der Waals surface area (Å²) in [6, 6.07) is 0. The number of nitrogens with two attached hydrogens (primary N) is 1. The van der Waals surface area contributed by atoms with E-state index in [1.54, 1.807) is 24.3 Å². The highest BCUT2D eigenvalue weighted by molar-refractivity contribution is 7.47. The van der Waals surface area contributed by atoms with Crippen LogP contribution in [0, 0.1) is 11.8 Å². The third-order valence-corrected chi connectivity index (χ3v) is 9.85. The fourth-order valence-corrected chi connectivity index (χ4v) is 6.58. The Morgan fingerprint density at radius 1 is 0.804 bits per heavy atom. The van der Waals surface area contributed by atoms with Crippen LogP contribution >= 0.6 is 7.82 Å². The summed E-state index contributed by atoms with van der Waals surface area (Å²) >= 11 is 0. The largest absolute Gasteiger partial charge is 0.472 e. The maximum Gasteiger partial charge on any atom is 0.472 e. The van der Waals surface area contributed by atoms with Gasteiger partial charge in [-0.05, 0) is 63.7 Å². The summed E-state index contributed by atoms with van der Waals surface area (Å²) < 4.78 is 32.6. The summed E-state index contributed by atoms with van der Waals surface area (Å²) in [6.07, 6.45) is 34.7. The molecule has 1 rings (SSSR count). The molecule has 0 heterocycles. The zero-order valence-electron chi connectivity index (χ0n) is 33.7. The molecule has 0 aliphatic heterocycles. The minimum atomic E-state index is -4.49. The van der Waals surface area contributed by atoms with Crippen LogP contribution in [0.1, 0.15) is 110 Å². The van der Waals surface area contributed by atoms with Gasteiger partial charge in [0.25, 0.3) is 0 Å². The van der Waals surface area contributed by atoms with Gasteiger partial charge < -0.3 is 35.4 Å². The predicted molar refractivity (Wildman–Crippen MR) is 221 cm³/mol. The van der Waals surface area contributed by atoms with Gasteiger partial charge in [0.1, 0.15) is 6.61 Å². The number of carbonyl (C=O) groups is 2. The highest BCUT2D eigenvalue weighted by atomic mass is 31.2. The Labute approximate surface area is 335 Å². The second-order valence-electron chi connectivity index (χ2n) is 13.8. The minimum absolute atomic E-state index is 0.00915. The van der Waals surface area contributed by atoms with E-state index in [1.165, 1.54) is 0 Å². The average Bonchev–Trinajstić information content (AvgIpc) is 3.44. The van der Waals surface area contributed by atoms with Crippen LogP contribution in [0.3, 0.4) is 0 Å². The van der Waals surface area contributed by atoms with Crippen LogP contribution in [0.4, 0.5) is 0 Å². The molecular formula is C43H70NO11P. The molecule has 12 nitrogen and oxygen atoms in total. The molecule has 0 saturated heterocycles. The van der Waals surface area contributed by atoms with Crippen molar-refractivity contribution in [2.75, 3.05) is 26.4 Å². The van der Waals surface area contributed by atoms with Crippen molar-refractivity contribution in [3.05, 3.63) is 85.1 Å². The SMILES string of the molecule is CC/C=C\C/C=C\C/C=C\C/C=C\C/C=C\CCCC(=O)OC[C@H](COP(=O)(O)OCCN)OC(=O)C/C=C\C[C@H]1[C@@H](/C=C/[C@H](O)CCCCC)[C@H](O)C[C@@H]1O. The van der Waals surface area contributed by atoms with Crippen LogP contribution in [0.2, 0.25) is 0 Å². The van der Waals surface area contributed by atoms with Crippen LogP contribution in [-0.2, 0) is 32.7 Å². The molecular weight excluding hydrogens is 737 g/mol. The van der Waals surface area contributed by atoms with E-state index in [0.29, 0.717) is 25.7 Å². The van der Waals surface area contributed by atoms with Crippen molar-refractivity contribution < 1.29 is 52.9 Å². The number of ether oxygens (including phenoxy) is 2. The number of carbonyl (C=O) groups excluding carboxylic acids is 2. The average molecular weight is 808 g/mol. The Balaban J connectivity index is 2.54. The maximum atomic E-state index is 12.7. The van der Waals surface area contributed by atoms with Gasteiger partial charge in [0.05, 0.1) is 37.9 Å². The number of allylic oxidation sites excluding steroid dienone is 11. The lowest BCUT2D eigenvalue weighted by Crippen LogP contribution is -2.29. The van der Waals surface area contributed by atoms with Crippen LogP contribution in [-0.4, -0.2) is 82.9 Å². The first kappa shape index (κ1) is 51.1. The number of unbranched alkanes of at least 4 members (excludes halogenated alkanes) is 3. The van der Waals surface area contributed by atoms with E-state index in [9.17, 15) is 34.4 Å². The topological polar surface area (TPSA) is 195 Å². The van der Waals surface area contributed by atoms with Gasteiger partial charge >= 0.3 is 19.8 Å². The second kappa shape index (κ2) is 33.1. The first-order valence-corrected chi connectivity index (χ1v) is 21.8. The fraction of sp³-hybridized carbons (Fsp3) is 0.628. The smallest absolute Gasteiger partial charge is 0.462 e. The highest BCUT2D eigenvalue weighted by Gasteiger charge is 2.39. The van der Waals surface area contributed by atoms with Crippen molar-refractivity contribution in [3.63, 3.8) is 0 Å². The molecule has 0 aromatic heterocycles. The predicted octanol–water partition coefficient (Wildman–Crippen LogP) is 7.65. The van der Waals surface area contributed by atoms with E-state index in [0.717, 1.165) is 51.4 Å². The molecule has 0 aromatic rings. The Hall–Kier alpha value is -2.93. The van der Waals surface area contributed by atoms with Gasteiger partial charge in [0.15, 0.2) is 6.10 Å². The third-order valence-electron chi connectivity index (χ3n) is 8.87. The molecule has 7 atom stereocenters. The Bertz CT molecular complexity index is 1310. The Morgan fingerprint density at radius 2 is 1.45 bits per heavy atom. The van der Waals surface area contributed by atoms with E-state index in [-0.39, 0.29) is 44.2 Å². The summed E-state index contributed by atoms with van der Waals surface area (Å²) in [7, 11) is -4.49. The van der Waals surface area contributed by atoms with Crippen molar-refractivity contribution in [2.45, 2.75) is 135 Å². The first-order valence-electron chi connectivity index (χ1n) is 20.3. The zero-order chi connectivity index (χ0) is 41.3. The standard InChI is InChI=1S/C43H70NO11P/c1-3-5-7-8-9-10-11-12-13-14-15-16-17-18-19-20-22-27-42(48)52-34-37(35-54-56(50,51)53-32-31-44)55-43(49)28-24-23-26-38-39(41(47)33-40(38)46)30-29-36(45)25-21-6-4-2/h5,7,9-10,12-13,15-16,18-19,23-24,29-30,36-41,45-47H,3-4,6,8,11,14,17,20-22,25-28,31-35,44H2,1-2H3,(H,50,51)/b7-5-,10-9-,13-12-,16-15-,19-18-,24-23-,30-29+/t36-,37-,38+,39-,40+,41-/m1/s1. The summed E-state index contributed by atoms with van der Waals surface area (Å²) in [5.41, 5.74) is 5.33. The van der Waals surface area contributed by atoms with Crippen molar-refractivity contribution in [1.82, 2.24) is 0 Å². The number of hydrogen-bond donors (Lipinski definition) is 5. The summed E-state index contributed by atoms with van der Waals surface area (Å²) in [6.45, 7) is 3.03. The molecule has 1 aliphatic carbocycles. The lowest BCUT2D eigenvalue weighted by Gasteiger charge is -2.20. The van der Waals surface area contributed by atoms with E-state index in [2.05, 4.69) is 62.5 Å². The van der Waals surface area contributed by atoms with Gasteiger partial charge in [-0.2, -0.15) is 0 Å². The van der Waals surface area contributed by atoms with Gasteiger partial charge in [-0.3, -0.25) is 18.6 Å². The molecule has 318 valence electrons. The van der Waals surface area contributed by atoms with E-state index in [1.807, 2.05) is 12.2 Å². The van der Waals surface area contributed by atoms with Crippen molar-refractivity contribution in [3.8, 4) is 0 Å². The normalized spacial score (nSPS) is 21.5. The number of hydrogen-bond acceptors (Lipinski definition) is 11. The number of phosphoric ester groups is 1. The van der Waals surface area contributed by atoms with Gasteiger partial charge in [-0.15, -0.1) is 0 Å². The molecule has 13 heteroatoms. The molecule has 0 amide bonds. The molecule has 0 aromatic carbocycles. The van der Waals surface area contributed by atoms with Crippen LogP contribution in [0.5, 0.6) is 0 Å². The molecule has 1 fully saturated rings. The lowest BCUT2D eigenvalue weighted by molar-refractivity contribution is -0.160. The van der Waals surface area contributed by atoms with Crippen LogP contribution in [0.25, 0.3) is 0 Å². The quantitative estimate of drug-likeness (QED) is 0.0193. The fourth-order valence-electron chi connectivity index (χ4n) is 5.82. The van der Waals surface area contributed by atoms with Crippen LogP contribution < -0.4 is 5.73 Å². The summed E-state index contributed by atoms with van der Waals surface area (Å²) in [5, 5.41) is 31.3. The Kier molecular flexibility index (Phi) is 30.2. The summed E-state index contributed by atoms with van der Waals surface area (Å²) in [5.74, 6) is -1.86. The number of aliphatic hydroxyl groups excluding tert-OH is 3. The first-order chi connectivity index (χ1) is 27.0. The second-order valence-corrected chi connectivity index (χ2v) is 15.2. The maximum absolute atomic E-state index is 12.7. The molecule has 1 aliphatic rings. The molecule has 1 saturated carbocycles. The Morgan fingerprint density at radius 3 is 2.07 bits per heavy atom. The van der Waals surface area contributed by atoms with E-state index < -0.39 is 57.4 Å². The number of aliphatic hydroxyl groups is 3. The molecule has 6 N–H and O–H groups in total. The number of esters is 2. The summed E-state index contributed by atoms with van der Waals surface area (Å²) in [4.78, 5) is 35.0. The lowest BCUT2D eigenvalue weighted by atomic mass is 9.89. The van der Waals surface area contributed by atoms with Crippen molar-refractivity contribution >= 4 is 19.8 Å². The van der Waals surface area contributed by atoms with Gasteiger partial charge in [-0.25, -0.2) is 4.57 Å². The van der Waals surface area contributed by atoms with E-state index >= 15 is 0 Å². The molecule has 0 radical (unpaired) electrons. The van der Waals surface area contributed by atoms with Crippen molar-refractivity contribution in [2.24, 2.45) is 17.6 Å². The number of phosphoric acid groups is 1. The third kappa shape index (κ3) is 26.8. The zero-order valence-corrected chi connectivity index (χ0v) is 34.5. The molecule has 56 heavy (non-hydrogen) atoms. The van der Waals surface area contributed by atoms with Gasteiger partial charge in [0.2, 0.25) is 0 Å². The van der Waals surface area contributed by atoms with Crippen molar-refractivity contribution in [1.29, 1.82) is 0 Å². The monoisotopic (exact) mass is 807 g/mol. The minimum Gasteiger partial charge on any atom is -0.462 e. The van der Waals surface area contributed by atoms with Gasteiger partial charge in [-0.1, -0.05) is 118 Å². The van der Waals surface area contributed by atoms with E-state index in [4.69, 9.17) is 24.3 Å². The van der Waals surface area contributed by atoms with Gasteiger partial charge in [0, 0.05) is 25.3 Å². The molecule has 0 spiro atoms.